The highest BCUT2D eigenvalue weighted by molar-refractivity contribution is 6.30. The summed E-state index contributed by atoms with van der Waals surface area (Å²) in [6, 6.07) is 17.9. The minimum Gasteiger partial charge on any atom is -0.336 e. The van der Waals surface area contributed by atoms with Gasteiger partial charge in [0.15, 0.2) is 0 Å². The fourth-order valence-corrected chi connectivity index (χ4v) is 2.48. The predicted molar refractivity (Wildman–Crippen MR) is 95.7 cm³/mol. The Morgan fingerprint density at radius 2 is 1.74 bits per heavy atom. The van der Waals surface area contributed by atoms with Gasteiger partial charge >= 0.3 is 6.03 Å². The summed E-state index contributed by atoms with van der Waals surface area (Å²) in [6.07, 6.45) is 1.88. The van der Waals surface area contributed by atoms with Gasteiger partial charge in [0, 0.05) is 24.7 Å². The second kappa shape index (κ2) is 8.59. The van der Waals surface area contributed by atoms with E-state index in [4.69, 9.17) is 11.6 Å². The molecule has 1 atom stereocenters. The Morgan fingerprint density at radius 1 is 1.09 bits per heavy atom. The number of halogens is 1. The number of carbonyl (C=O) groups is 1. The molecule has 0 aromatic heterocycles. The van der Waals surface area contributed by atoms with Crippen molar-refractivity contribution in [2.75, 3.05) is 7.05 Å². The number of nitrogens with one attached hydrogen (secondary N) is 1. The van der Waals surface area contributed by atoms with E-state index in [0.29, 0.717) is 11.6 Å². The van der Waals surface area contributed by atoms with Gasteiger partial charge in [0.25, 0.3) is 0 Å². The molecule has 2 aromatic carbocycles. The molecule has 0 radical (unpaired) electrons. The molecule has 0 aliphatic rings. The zero-order chi connectivity index (χ0) is 16.7. The van der Waals surface area contributed by atoms with Crippen LogP contribution in [0.4, 0.5) is 4.79 Å². The van der Waals surface area contributed by atoms with Gasteiger partial charge in [-0.15, -0.1) is 0 Å². The fourth-order valence-electron chi connectivity index (χ4n) is 2.36. The normalized spacial score (nSPS) is 11.8. The van der Waals surface area contributed by atoms with E-state index in [2.05, 4.69) is 17.4 Å². The van der Waals surface area contributed by atoms with Crippen molar-refractivity contribution >= 4 is 17.6 Å². The van der Waals surface area contributed by atoms with Gasteiger partial charge in [-0.3, -0.25) is 0 Å². The van der Waals surface area contributed by atoms with Crippen molar-refractivity contribution in [1.29, 1.82) is 0 Å². The third-order valence-corrected chi connectivity index (χ3v) is 4.01. The molecule has 1 N–H and O–H groups in total. The average Bonchev–Trinajstić information content (AvgIpc) is 2.56. The minimum atomic E-state index is -0.0551. The number of amides is 2. The van der Waals surface area contributed by atoms with Crippen LogP contribution < -0.4 is 5.32 Å². The molecule has 122 valence electrons. The van der Waals surface area contributed by atoms with Crippen LogP contribution in [0.3, 0.4) is 0 Å². The second-order valence-electron chi connectivity index (χ2n) is 5.86. The van der Waals surface area contributed by atoms with E-state index in [0.717, 1.165) is 18.4 Å². The molecule has 0 spiro atoms. The third-order valence-electron chi connectivity index (χ3n) is 3.76. The second-order valence-corrected chi connectivity index (χ2v) is 6.29. The first-order chi connectivity index (χ1) is 11.0. The van der Waals surface area contributed by atoms with Crippen LogP contribution >= 0.6 is 11.6 Å². The summed E-state index contributed by atoms with van der Waals surface area (Å²) in [5, 5.41) is 3.75. The molecule has 3 nitrogen and oxygen atoms in total. The lowest BCUT2D eigenvalue weighted by molar-refractivity contribution is 0.203. The summed E-state index contributed by atoms with van der Waals surface area (Å²) in [5.74, 6) is 0. The van der Waals surface area contributed by atoms with Gasteiger partial charge in [0.2, 0.25) is 0 Å². The molecule has 0 saturated carbocycles. The van der Waals surface area contributed by atoms with Crippen LogP contribution in [0.1, 0.15) is 24.5 Å². The van der Waals surface area contributed by atoms with Crippen molar-refractivity contribution in [2.24, 2.45) is 0 Å². The molecule has 4 heteroatoms. The van der Waals surface area contributed by atoms with Gasteiger partial charge in [-0.2, -0.15) is 0 Å². The Kier molecular flexibility index (Phi) is 6.48. The Morgan fingerprint density at radius 3 is 2.39 bits per heavy atom. The predicted octanol–water partition coefficient (Wildman–Crippen LogP) is 4.50. The smallest absolute Gasteiger partial charge is 0.317 e. The first kappa shape index (κ1) is 17.4. The molecule has 0 saturated heterocycles. The van der Waals surface area contributed by atoms with Crippen molar-refractivity contribution in [2.45, 2.75) is 32.4 Å². The van der Waals surface area contributed by atoms with Crippen molar-refractivity contribution < 1.29 is 4.79 Å². The molecule has 0 bridgehead atoms. The number of rotatable bonds is 6. The average molecular weight is 331 g/mol. The van der Waals surface area contributed by atoms with Gasteiger partial charge in [-0.1, -0.05) is 54.1 Å². The summed E-state index contributed by atoms with van der Waals surface area (Å²) in [7, 11) is 1.80. The highest BCUT2D eigenvalue weighted by Crippen LogP contribution is 2.11. The number of hydrogen-bond acceptors (Lipinski definition) is 1. The van der Waals surface area contributed by atoms with Crippen molar-refractivity contribution in [1.82, 2.24) is 10.2 Å². The number of benzene rings is 2. The standard InChI is InChI=1S/C19H23ClN2O/c1-15(8-9-16-6-4-3-5-7-16)21-19(23)22(2)14-17-10-12-18(20)13-11-17/h3-7,10-13,15H,8-9,14H2,1-2H3,(H,21,23)/t15-/m1/s1. The van der Waals surface area contributed by atoms with Gasteiger partial charge in [0.1, 0.15) is 0 Å². The zero-order valence-electron chi connectivity index (χ0n) is 13.6. The molecule has 0 aliphatic heterocycles. The van der Waals surface area contributed by atoms with Gasteiger partial charge in [-0.05, 0) is 43.0 Å². The number of hydrogen-bond donors (Lipinski definition) is 1. The molecule has 0 unspecified atom stereocenters. The molecule has 23 heavy (non-hydrogen) atoms. The summed E-state index contributed by atoms with van der Waals surface area (Å²) >= 11 is 5.87. The van der Waals surface area contributed by atoms with E-state index >= 15 is 0 Å². The molecule has 2 rings (SSSR count). The van der Waals surface area contributed by atoms with Gasteiger partial charge < -0.3 is 10.2 Å². The van der Waals surface area contributed by atoms with Crippen LogP contribution in [-0.2, 0) is 13.0 Å². The van der Waals surface area contributed by atoms with E-state index in [-0.39, 0.29) is 12.1 Å². The summed E-state index contributed by atoms with van der Waals surface area (Å²) in [6.45, 7) is 2.60. The molecule has 0 fully saturated rings. The number of nitrogens with zero attached hydrogens (tertiary/aromatic N) is 1. The van der Waals surface area contributed by atoms with Gasteiger partial charge in [-0.25, -0.2) is 4.79 Å². The fraction of sp³-hybridized carbons (Fsp3) is 0.316. The van der Waals surface area contributed by atoms with E-state index in [1.54, 1.807) is 11.9 Å². The topological polar surface area (TPSA) is 32.3 Å². The van der Waals surface area contributed by atoms with Crippen LogP contribution in [0.25, 0.3) is 0 Å². The van der Waals surface area contributed by atoms with Crippen molar-refractivity contribution in [3.8, 4) is 0 Å². The Hall–Kier alpha value is -2.00. The summed E-state index contributed by atoms with van der Waals surface area (Å²) in [4.78, 5) is 13.9. The number of carbonyl (C=O) groups excluding carboxylic acids is 1. The Bertz CT molecular complexity index is 613. The first-order valence-corrected chi connectivity index (χ1v) is 8.22. The third kappa shape index (κ3) is 5.95. The highest BCUT2D eigenvalue weighted by Gasteiger charge is 2.12. The molecular weight excluding hydrogens is 308 g/mol. The molecule has 0 aliphatic carbocycles. The first-order valence-electron chi connectivity index (χ1n) is 7.84. The van der Waals surface area contributed by atoms with E-state index in [9.17, 15) is 4.79 Å². The minimum absolute atomic E-state index is 0.0551. The number of aryl methyl sites for hydroxylation is 1. The molecule has 2 aromatic rings. The van der Waals surface area contributed by atoms with Crippen molar-refractivity contribution in [3.63, 3.8) is 0 Å². The Labute approximate surface area is 143 Å². The van der Waals surface area contributed by atoms with Crippen LogP contribution in [0.5, 0.6) is 0 Å². The quantitative estimate of drug-likeness (QED) is 0.830. The highest BCUT2D eigenvalue weighted by atomic mass is 35.5. The monoisotopic (exact) mass is 330 g/mol. The van der Waals surface area contributed by atoms with E-state index < -0.39 is 0 Å². The lowest BCUT2D eigenvalue weighted by Crippen LogP contribution is -2.41. The molecule has 0 heterocycles. The maximum Gasteiger partial charge on any atom is 0.317 e. The summed E-state index contributed by atoms with van der Waals surface area (Å²) in [5.41, 5.74) is 2.35. The SMILES string of the molecule is C[C@H](CCc1ccccc1)NC(=O)N(C)Cc1ccc(Cl)cc1. The van der Waals surface area contributed by atoms with Gasteiger partial charge in [0.05, 0.1) is 0 Å². The maximum atomic E-state index is 12.2. The Balaban J connectivity index is 1.77. The lowest BCUT2D eigenvalue weighted by atomic mass is 10.1. The van der Waals surface area contributed by atoms with Crippen LogP contribution in [0.15, 0.2) is 54.6 Å². The largest absolute Gasteiger partial charge is 0.336 e. The maximum absolute atomic E-state index is 12.2. The van der Waals surface area contributed by atoms with Crippen molar-refractivity contribution in [3.05, 3.63) is 70.7 Å². The van der Waals surface area contributed by atoms with E-state index in [1.807, 2.05) is 49.4 Å². The summed E-state index contributed by atoms with van der Waals surface area (Å²) < 4.78 is 0. The molecule has 2 amide bonds. The molecular formula is C19H23ClN2O. The number of urea groups is 1. The zero-order valence-corrected chi connectivity index (χ0v) is 14.4. The van der Waals surface area contributed by atoms with Crippen LogP contribution in [0, 0.1) is 0 Å². The van der Waals surface area contributed by atoms with E-state index in [1.165, 1.54) is 5.56 Å². The van der Waals surface area contributed by atoms with Crippen LogP contribution in [0.2, 0.25) is 5.02 Å². The van der Waals surface area contributed by atoms with Crippen LogP contribution in [-0.4, -0.2) is 24.0 Å². The lowest BCUT2D eigenvalue weighted by Gasteiger charge is -2.21.